The average molecular weight is 457 g/mol. The maximum atomic E-state index is 13.3. The highest BCUT2D eigenvalue weighted by molar-refractivity contribution is 6.31. The number of carbonyl (C=O) groups excluding carboxylic acids is 1. The Morgan fingerprint density at radius 2 is 1.79 bits per heavy atom. The van der Waals surface area contributed by atoms with Crippen LogP contribution < -0.4 is 5.32 Å². The monoisotopic (exact) mass is 455 g/mol. The van der Waals surface area contributed by atoms with Crippen molar-refractivity contribution in [3.63, 3.8) is 0 Å². The van der Waals surface area contributed by atoms with Gasteiger partial charge in [0.1, 0.15) is 0 Å². The highest BCUT2D eigenvalue weighted by atomic mass is 35.5. The van der Waals surface area contributed by atoms with E-state index in [9.17, 15) is 4.79 Å². The molecule has 0 radical (unpaired) electrons. The van der Waals surface area contributed by atoms with Crippen molar-refractivity contribution in [3.05, 3.63) is 40.5 Å². The van der Waals surface area contributed by atoms with E-state index in [-0.39, 0.29) is 30.7 Å². The highest BCUT2D eigenvalue weighted by Gasteiger charge is 2.30. The summed E-state index contributed by atoms with van der Waals surface area (Å²) in [6.07, 6.45) is 7.20. The fraction of sp³-hybridized carbons (Fsp3) is 0.545. The van der Waals surface area contributed by atoms with Crippen LogP contribution in [0.1, 0.15) is 60.5 Å². The quantitative estimate of drug-likeness (QED) is 0.671. The molecule has 1 amide bonds. The number of nitrogens with zero attached hydrogens (tertiary/aromatic N) is 2. The van der Waals surface area contributed by atoms with E-state index in [4.69, 9.17) is 16.6 Å². The molecule has 0 unspecified atom stereocenters. The molecule has 4 nitrogen and oxygen atoms in total. The molecular formula is C22H28Cl3N3O. The minimum absolute atomic E-state index is 0. The number of aromatic nitrogens is 1. The van der Waals surface area contributed by atoms with Gasteiger partial charge in [-0.05, 0) is 75.3 Å². The van der Waals surface area contributed by atoms with Crippen molar-refractivity contribution in [2.24, 2.45) is 5.92 Å². The number of halogens is 3. The first-order valence-electron chi connectivity index (χ1n) is 10.3. The Bertz CT molecular complexity index is 875. The van der Waals surface area contributed by atoms with Gasteiger partial charge in [0, 0.05) is 41.2 Å². The van der Waals surface area contributed by atoms with Gasteiger partial charge in [0.15, 0.2) is 0 Å². The van der Waals surface area contributed by atoms with Gasteiger partial charge in [-0.1, -0.05) is 11.6 Å². The zero-order valence-electron chi connectivity index (χ0n) is 16.4. The Morgan fingerprint density at radius 1 is 1.07 bits per heavy atom. The first kappa shape index (κ1) is 22.6. The number of hydrogen-bond acceptors (Lipinski definition) is 3. The molecular weight excluding hydrogens is 429 g/mol. The van der Waals surface area contributed by atoms with E-state index >= 15 is 0 Å². The molecule has 1 aromatic heterocycles. The summed E-state index contributed by atoms with van der Waals surface area (Å²) in [5.74, 6) is 1.56. The predicted molar refractivity (Wildman–Crippen MR) is 123 cm³/mol. The van der Waals surface area contributed by atoms with Crippen LogP contribution in [-0.4, -0.2) is 41.5 Å². The van der Waals surface area contributed by atoms with Crippen LogP contribution in [0.2, 0.25) is 5.02 Å². The molecule has 3 fully saturated rings. The third-order valence-corrected chi connectivity index (χ3v) is 6.43. The second-order valence-electron chi connectivity index (χ2n) is 8.45. The lowest BCUT2D eigenvalue weighted by atomic mass is 10.0. The number of pyridine rings is 1. The zero-order valence-corrected chi connectivity index (χ0v) is 18.8. The summed E-state index contributed by atoms with van der Waals surface area (Å²) in [4.78, 5) is 20.1. The van der Waals surface area contributed by atoms with E-state index < -0.39 is 0 Å². The second kappa shape index (κ2) is 9.38. The minimum atomic E-state index is 0. The van der Waals surface area contributed by atoms with Gasteiger partial charge in [-0.15, -0.1) is 24.8 Å². The number of fused-ring (bicyclic) bond motifs is 1. The standard InChI is InChI=1S/C22H26ClN3O.2ClH/c23-16-5-6-20-18(11-16)19(12-21(25-20)15-3-4-15)22(27)26-9-7-17(8-10-26)24-13-14-1-2-14;;/h5-6,11-12,14-15,17,24H,1-4,7-10,13H2;2*1H. The molecule has 2 saturated carbocycles. The maximum absolute atomic E-state index is 13.3. The van der Waals surface area contributed by atoms with Crippen molar-refractivity contribution in [2.75, 3.05) is 19.6 Å². The molecule has 0 atom stereocenters. The molecule has 1 aliphatic heterocycles. The lowest BCUT2D eigenvalue weighted by Crippen LogP contribution is -2.45. The number of likely N-dealkylation sites (tertiary alicyclic amines) is 1. The topological polar surface area (TPSA) is 45.2 Å². The maximum Gasteiger partial charge on any atom is 0.254 e. The summed E-state index contributed by atoms with van der Waals surface area (Å²) in [6.45, 7) is 2.80. The lowest BCUT2D eigenvalue weighted by molar-refractivity contribution is 0.0707. The summed E-state index contributed by atoms with van der Waals surface area (Å²) in [5, 5.41) is 5.22. The van der Waals surface area contributed by atoms with E-state index in [1.54, 1.807) is 0 Å². The van der Waals surface area contributed by atoms with Gasteiger partial charge >= 0.3 is 0 Å². The number of carbonyl (C=O) groups is 1. The molecule has 0 bridgehead atoms. The Morgan fingerprint density at radius 3 is 2.45 bits per heavy atom. The van der Waals surface area contributed by atoms with Crippen LogP contribution in [0.15, 0.2) is 24.3 Å². The van der Waals surface area contributed by atoms with Crippen molar-refractivity contribution < 1.29 is 4.79 Å². The van der Waals surface area contributed by atoms with Gasteiger partial charge in [0.2, 0.25) is 0 Å². The van der Waals surface area contributed by atoms with Gasteiger partial charge in [0.25, 0.3) is 5.91 Å². The Labute approximate surface area is 189 Å². The van der Waals surface area contributed by atoms with Crippen LogP contribution in [0.3, 0.4) is 0 Å². The van der Waals surface area contributed by atoms with Crippen LogP contribution in [0.5, 0.6) is 0 Å². The van der Waals surface area contributed by atoms with Crippen molar-refractivity contribution >= 4 is 53.2 Å². The van der Waals surface area contributed by atoms with Crippen molar-refractivity contribution in [3.8, 4) is 0 Å². The molecule has 1 aromatic carbocycles. The van der Waals surface area contributed by atoms with Crippen LogP contribution in [0, 0.1) is 5.92 Å². The summed E-state index contributed by atoms with van der Waals surface area (Å²) >= 11 is 6.22. The van der Waals surface area contributed by atoms with E-state index in [0.717, 1.165) is 60.6 Å². The summed E-state index contributed by atoms with van der Waals surface area (Å²) in [7, 11) is 0. The van der Waals surface area contributed by atoms with Gasteiger partial charge in [-0.3, -0.25) is 9.78 Å². The molecule has 1 N–H and O–H groups in total. The number of piperidine rings is 1. The van der Waals surface area contributed by atoms with E-state index in [1.807, 2.05) is 29.2 Å². The number of hydrogen-bond donors (Lipinski definition) is 1. The van der Waals surface area contributed by atoms with Gasteiger partial charge in [-0.25, -0.2) is 0 Å². The molecule has 29 heavy (non-hydrogen) atoms. The fourth-order valence-electron chi connectivity index (χ4n) is 4.10. The molecule has 1 saturated heterocycles. The molecule has 2 heterocycles. The Balaban J connectivity index is 0.00000120. The third-order valence-electron chi connectivity index (χ3n) is 6.19. The number of benzene rings is 1. The first-order valence-corrected chi connectivity index (χ1v) is 10.7. The Kier molecular flexibility index (Phi) is 7.32. The zero-order chi connectivity index (χ0) is 18.4. The van der Waals surface area contributed by atoms with Crippen LogP contribution >= 0.6 is 36.4 Å². The molecule has 7 heteroatoms. The SMILES string of the molecule is Cl.Cl.O=C(c1cc(C2CC2)nc2ccc(Cl)cc12)N1CCC(NCC2CC2)CC1. The van der Waals surface area contributed by atoms with Gasteiger partial charge in [0.05, 0.1) is 11.1 Å². The second-order valence-corrected chi connectivity index (χ2v) is 8.88. The number of nitrogens with one attached hydrogen (secondary N) is 1. The van der Waals surface area contributed by atoms with Crippen molar-refractivity contribution in [1.29, 1.82) is 0 Å². The number of rotatable bonds is 5. The Hall–Kier alpha value is -1.07. The molecule has 2 aromatic rings. The van der Waals surface area contributed by atoms with Gasteiger partial charge in [-0.2, -0.15) is 0 Å². The smallest absolute Gasteiger partial charge is 0.254 e. The first-order chi connectivity index (χ1) is 13.2. The molecule has 2 aliphatic carbocycles. The summed E-state index contributed by atoms with van der Waals surface area (Å²) < 4.78 is 0. The average Bonchev–Trinajstić information content (AvgIpc) is 3.59. The minimum Gasteiger partial charge on any atom is -0.339 e. The third kappa shape index (κ3) is 5.16. The lowest BCUT2D eigenvalue weighted by Gasteiger charge is -2.33. The summed E-state index contributed by atoms with van der Waals surface area (Å²) in [5.41, 5.74) is 2.72. The van der Waals surface area contributed by atoms with E-state index in [0.29, 0.717) is 17.0 Å². The van der Waals surface area contributed by atoms with Crippen LogP contribution in [0.4, 0.5) is 0 Å². The molecule has 3 aliphatic rings. The van der Waals surface area contributed by atoms with Gasteiger partial charge < -0.3 is 10.2 Å². The molecule has 0 spiro atoms. The molecule has 158 valence electrons. The molecule has 5 rings (SSSR count). The number of amides is 1. The fourth-order valence-corrected chi connectivity index (χ4v) is 4.27. The van der Waals surface area contributed by atoms with Crippen molar-refractivity contribution in [1.82, 2.24) is 15.2 Å². The summed E-state index contributed by atoms with van der Waals surface area (Å²) in [6, 6.07) is 8.27. The van der Waals surface area contributed by atoms with Crippen molar-refractivity contribution in [2.45, 2.75) is 50.5 Å². The predicted octanol–water partition coefficient (Wildman–Crippen LogP) is 5.21. The highest BCUT2D eigenvalue weighted by Crippen LogP contribution is 2.40. The van der Waals surface area contributed by atoms with Crippen LogP contribution in [-0.2, 0) is 0 Å². The normalized spacial score (nSPS) is 19.6. The van der Waals surface area contributed by atoms with Crippen LogP contribution in [0.25, 0.3) is 10.9 Å². The van der Waals surface area contributed by atoms with E-state index in [2.05, 4.69) is 5.32 Å². The largest absolute Gasteiger partial charge is 0.339 e. The van der Waals surface area contributed by atoms with E-state index in [1.165, 1.54) is 25.7 Å².